The summed E-state index contributed by atoms with van der Waals surface area (Å²) in [5.41, 5.74) is 3.73. The molecule has 0 fully saturated rings. The van der Waals surface area contributed by atoms with Crippen LogP contribution in [0.15, 0.2) is 60.8 Å². The van der Waals surface area contributed by atoms with Gasteiger partial charge in [0.1, 0.15) is 5.56 Å². The van der Waals surface area contributed by atoms with Crippen molar-refractivity contribution in [1.29, 1.82) is 0 Å². The van der Waals surface area contributed by atoms with E-state index in [1.54, 1.807) is 31.2 Å². The molecule has 0 aliphatic rings. The number of esters is 1. The van der Waals surface area contributed by atoms with E-state index >= 15 is 0 Å². The molecule has 0 radical (unpaired) electrons. The van der Waals surface area contributed by atoms with Gasteiger partial charge in [0.05, 0.1) is 18.3 Å². The summed E-state index contributed by atoms with van der Waals surface area (Å²) in [5, 5.41) is 8.70. The summed E-state index contributed by atoms with van der Waals surface area (Å²) in [5.74, 6) is -0.375. The molecule has 2 aromatic heterocycles. The zero-order valence-corrected chi connectivity index (χ0v) is 19.8. The molecule has 7 nitrogen and oxygen atoms in total. The second kappa shape index (κ2) is 9.89. The van der Waals surface area contributed by atoms with Crippen LogP contribution in [-0.4, -0.2) is 33.2 Å². The molecule has 172 valence electrons. The minimum Gasteiger partial charge on any atom is -0.462 e. The van der Waals surface area contributed by atoms with Gasteiger partial charge in [-0.15, -0.1) is 0 Å². The van der Waals surface area contributed by atoms with E-state index in [1.165, 1.54) is 17.0 Å². The van der Waals surface area contributed by atoms with Crippen molar-refractivity contribution in [2.45, 2.75) is 20.8 Å². The van der Waals surface area contributed by atoms with Crippen LogP contribution in [0.25, 0.3) is 22.8 Å². The number of carbonyl (C=O) groups excluding carboxylic acids is 2. The van der Waals surface area contributed by atoms with Crippen LogP contribution < -0.4 is 5.32 Å². The summed E-state index contributed by atoms with van der Waals surface area (Å²) in [6, 6.07) is 14.9. The fraction of sp³-hybridized carbons (Fsp3) is 0.154. The zero-order chi connectivity index (χ0) is 24.2. The Labute approximate surface area is 202 Å². The largest absolute Gasteiger partial charge is 0.462 e. The Morgan fingerprint density at radius 2 is 1.91 bits per heavy atom. The Balaban J connectivity index is 1.75. The summed E-state index contributed by atoms with van der Waals surface area (Å²) in [7, 11) is 0. The number of hydrogen-bond acceptors (Lipinski definition) is 5. The van der Waals surface area contributed by atoms with E-state index in [0.717, 1.165) is 27.6 Å². The molecule has 0 saturated heterocycles. The van der Waals surface area contributed by atoms with Gasteiger partial charge in [0.2, 0.25) is 5.91 Å². The first-order valence-corrected chi connectivity index (χ1v) is 11.1. The number of pyridine rings is 1. The molecular formula is C26H23ClN4O3. The van der Waals surface area contributed by atoms with Crippen molar-refractivity contribution in [2.24, 2.45) is 0 Å². The minimum absolute atomic E-state index is 0.135. The lowest BCUT2D eigenvalue weighted by molar-refractivity contribution is -0.111. The molecule has 0 atom stereocenters. The van der Waals surface area contributed by atoms with E-state index in [2.05, 4.69) is 10.4 Å². The van der Waals surface area contributed by atoms with Crippen molar-refractivity contribution < 1.29 is 14.3 Å². The minimum atomic E-state index is -0.587. The van der Waals surface area contributed by atoms with Gasteiger partial charge in [-0.25, -0.2) is 9.78 Å². The Bertz CT molecular complexity index is 1430. The standard InChI is InChI=1S/C26H23ClN4O3/c1-4-34-26(33)21-15-28-31(22-13-17(3)20-10-5-7-16(2)24(20)29-22)25(21)30-23(32)12-11-18-8-6-9-19(27)14-18/h5-15H,4H2,1-3H3,(H,30,32)/b12-11+. The third kappa shape index (κ3) is 4.84. The molecule has 2 aromatic carbocycles. The molecule has 4 rings (SSSR count). The molecule has 1 amide bonds. The molecule has 0 spiro atoms. The molecule has 1 N–H and O–H groups in total. The number of nitrogens with one attached hydrogen (secondary N) is 1. The van der Waals surface area contributed by atoms with Crippen molar-refractivity contribution in [3.8, 4) is 5.82 Å². The van der Waals surface area contributed by atoms with Crippen LogP contribution in [0, 0.1) is 13.8 Å². The molecule has 8 heteroatoms. The van der Waals surface area contributed by atoms with Crippen molar-refractivity contribution in [1.82, 2.24) is 14.8 Å². The topological polar surface area (TPSA) is 86.1 Å². The van der Waals surface area contributed by atoms with E-state index in [0.29, 0.717) is 10.8 Å². The van der Waals surface area contributed by atoms with Crippen LogP contribution in [0.3, 0.4) is 0 Å². The van der Waals surface area contributed by atoms with Crippen molar-refractivity contribution in [3.63, 3.8) is 0 Å². The highest BCUT2D eigenvalue weighted by Gasteiger charge is 2.22. The lowest BCUT2D eigenvalue weighted by Crippen LogP contribution is -2.16. The van der Waals surface area contributed by atoms with E-state index in [1.807, 2.05) is 44.2 Å². The van der Waals surface area contributed by atoms with E-state index in [9.17, 15) is 9.59 Å². The monoisotopic (exact) mass is 474 g/mol. The fourth-order valence-electron chi connectivity index (χ4n) is 3.59. The number of carbonyl (C=O) groups is 2. The van der Waals surface area contributed by atoms with Gasteiger partial charge in [-0.1, -0.05) is 41.9 Å². The normalized spacial score (nSPS) is 11.2. The number of anilines is 1. The molecule has 0 aliphatic carbocycles. The predicted molar refractivity (Wildman–Crippen MR) is 133 cm³/mol. The van der Waals surface area contributed by atoms with Crippen molar-refractivity contribution >= 4 is 46.3 Å². The maximum atomic E-state index is 12.8. The highest BCUT2D eigenvalue weighted by Crippen LogP contribution is 2.26. The molecule has 2 heterocycles. The van der Waals surface area contributed by atoms with Gasteiger partial charge in [-0.2, -0.15) is 9.78 Å². The fourth-order valence-corrected chi connectivity index (χ4v) is 3.79. The van der Waals surface area contributed by atoms with Crippen LogP contribution in [0.5, 0.6) is 0 Å². The molecule has 4 aromatic rings. The van der Waals surface area contributed by atoms with Gasteiger partial charge < -0.3 is 10.1 Å². The van der Waals surface area contributed by atoms with Crippen LogP contribution in [0.2, 0.25) is 5.02 Å². The Morgan fingerprint density at radius 1 is 1.12 bits per heavy atom. The van der Waals surface area contributed by atoms with Crippen LogP contribution in [0.4, 0.5) is 5.82 Å². The van der Waals surface area contributed by atoms with Gasteiger partial charge in [0, 0.05) is 16.5 Å². The van der Waals surface area contributed by atoms with E-state index in [-0.39, 0.29) is 18.0 Å². The smallest absolute Gasteiger partial charge is 0.343 e. The first kappa shape index (κ1) is 23.2. The Kier molecular flexibility index (Phi) is 6.75. The highest BCUT2D eigenvalue weighted by atomic mass is 35.5. The zero-order valence-electron chi connectivity index (χ0n) is 19.0. The van der Waals surface area contributed by atoms with Crippen LogP contribution in [0.1, 0.15) is 34.0 Å². The van der Waals surface area contributed by atoms with Gasteiger partial charge in [0.15, 0.2) is 11.6 Å². The molecular weight excluding hydrogens is 452 g/mol. The number of fused-ring (bicyclic) bond motifs is 1. The first-order valence-electron chi connectivity index (χ1n) is 10.7. The third-order valence-electron chi connectivity index (χ3n) is 5.23. The lowest BCUT2D eigenvalue weighted by atomic mass is 10.1. The maximum Gasteiger partial charge on any atom is 0.343 e. The lowest BCUT2D eigenvalue weighted by Gasteiger charge is -2.12. The number of rotatable bonds is 6. The molecule has 34 heavy (non-hydrogen) atoms. The average Bonchev–Trinajstić information content (AvgIpc) is 3.22. The van der Waals surface area contributed by atoms with E-state index in [4.69, 9.17) is 21.3 Å². The number of para-hydroxylation sites is 1. The summed E-state index contributed by atoms with van der Waals surface area (Å²) >= 11 is 6.01. The van der Waals surface area contributed by atoms with Crippen molar-refractivity contribution in [2.75, 3.05) is 11.9 Å². The van der Waals surface area contributed by atoms with Gasteiger partial charge >= 0.3 is 5.97 Å². The number of aryl methyl sites for hydroxylation is 2. The predicted octanol–water partition coefficient (Wildman–Crippen LogP) is 5.52. The number of nitrogens with zero attached hydrogens (tertiary/aromatic N) is 3. The molecule has 0 saturated carbocycles. The summed E-state index contributed by atoms with van der Waals surface area (Å²) < 4.78 is 6.60. The maximum absolute atomic E-state index is 12.8. The van der Waals surface area contributed by atoms with Crippen LogP contribution in [-0.2, 0) is 9.53 Å². The quantitative estimate of drug-likeness (QED) is 0.294. The SMILES string of the molecule is CCOC(=O)c1cnn(-c2cc(C)c3cccc(C)c3n2)c1NC(=O)/C=C/c1cccc(Cl)c1. The summed E-state index contributed by atoms with van der Waals surface area (Å²) in [6.45, 7) is 5.87. The van der Waals surface area contributed by atoms with Gasteiger partial charge in [-0.3, -0.25) is 4.79 Å². The average molecular weight is 475 g/mol. The number of aromatic nitrogens is 3. The molecule has 0 unspecified atom stereocenters. The summed E-state index contributed by atoms with van der Waals surface area (Å²) in [4.78, 5) is 30.1. The molecule has 0 bridgehead atoms. The second-order valence-corrected chi connectivity index (χ2v) is 8.12. The third-order valence-corrected chi connectivity index (χ3v) is 5.47. The van der Waals surface area contributed by atoms with Gasteiger partial charge in [-0.05, 0) is 61.7 Å². The number of ether oxygens (including phenoxy) is 1. The summed E-state index contributed by atoms with van der Waals surface area (Å²) in [6.07, 6.45) is 4.36. The number of benzene rings is 2. The van der Waals surface area contributed by atoms with E-state index < -0.39 is 11.9 Å². The Morgan fingerprint density at radius 3 is 2.68 bits per heavy atom. The van der Waals surface area contributed by atoms with Crippen molar-refractivity contribution in [3.05, 3.63) is 88.1 Å². The number of amides is 1. The van der Waals surface area contributed by atoms with Gasteiger partial charge in [0.25, 0.3) is 0 Å². The highest BCUT2D eigenvalue weighted by molar-refractivity contribution is 6.30. The molecule has 0 aliphatic heterocycles. The number of halogens is 1. The number of hydrogen-bond donors (Lipinski definition) is 1. The van der Waals surface area contributed by atoms with Crippen LogP contribution >= 0.6 is 11.6 Å². The second-order valence-electron chi connectivity index (χ2n) is 7.69. The first-order chi connectivity index (χ1) is 16.4. The Hall–Kier alpha value is -3.97.